The molecule has 2 aromatic rings. The molecule has 9 nitrogen and oxygen atoms in total. The first kappa shape index (κ1) is 25.9. The zero-order valence-corrected chi connectivity index (χ0v) is 21.8. The van der Waals surface area contributed by atoms with E-state index in [0.29, 0.717) is 32.7 Å². The van der Waals surface area contributed by atoms with Crippen molar-refractivity contribution in [2.24, 2.45) is 12.1 Å². The number of benzene rings is 1. The number of hydrazone groups is 1. The summed E-state index contributed by atoms with van der Waals surface area (Å²) in [5.74, 6) is -0.189. The molecular weight excluding hydrogens is 456 g/mol. The Hall–Kier alpha value is -3.17. The fourth-order valence-electron chi connectivity index (χ4n) is 4.62. The molecule has 1 aromatic heterocycles. The molecule has 3 amide bonds. The summed E-state index contributed by atoms with van der Waals surface area (Å²) in [6.45, 7) is 10.1. The predicted molar refractivity (Wildman–Crippen MR) is 140 cm³/mol. The molecule has 1 fully saturated rings. The second-order valence-corrected chi connectivity index (χ2v) is 9.90. The van der Waals surface area contributed by atoms with Crippen LogP contribution in [0.2, 0.25) is 0 Å². The molecule has 0 aliphatic carbocycles. The summed E-state index contributed by atoms with van der Waals surface area (Å²) in [6, 6.07) is 11.8. The summed E-state index contributed by atoms with van der Waals surface area (Å²) in [4.78, 5) is 30.6. The summed E-state index contributed by atoms with van der Waals surface area (Å²) >= 11 is 0. The molecule has 194 valence electrons. The largest absolute Gasteiger partial charge is 0.379 e. The number of aryl methyl sites for hydroxylation is 2. The Morgan fingerprint density at radius 2 is 1.89 bits per heavy atom. The van der Waals surface area contributed by atoms with Crippen molar-refractivity contribution in [3.8, 4) is 0 Å². The lowest BCUT2D eigenvalue weighted by molar-refractivity contribution is -0.133. The summed E-state index contributed by atoms with van der Waals surface area (Å²) in [5, 5.41) is 9.32. The molecule has 36 heavy (non-hydrogen) atoms. The fraction of sp³-hybridized carbons (Fsp3) is 0.519. The maximum atomic E-state index is 13.7. The van der Waals surface area contributed by atoms with Crippen LogP contribution in [0.3, 0.4) is 0 Å². The van der Waals surface area contributed by atoms with Gasteiger partial charge in [-0.15, -0.1) is 0 Å². The molecule has 4 rings (SSSR count). The second kappa shape index (κ2) is 11.7. The molecule has 9 heteroatoms. The van der Waals surface area contributed by atoms with Crippen LogP contribution in [0.15, 0.2) is 47.7 Å². The molecular formula is C27H38N6O3. The third-order valence-corrected chi connectivity index (χ3v) is 6.68. The van der Waals surface area contributed by atoms with Crippen molar-refractivity contribution in [1.29, 1.82) is 0 Å². The van der Waals surface area contributed by atoms with Crippen molar-refractivity contribution < 1.29 is 14.3 Å². The average Bonchev–Trinajstić information content (AvgIpc) is 3.48. The van der Waals surface area contributed by atoms with Crippen LogP contribution in [-0.4, -0.2) is 89.0 Å². The van der Waals surface area contributed by atoms with E-state index in [-0.39, 0.29) is 30.6 Å². The van der Waals surface area contributed by atoms with Crippen molar-refractivity contribution in [2.45, 2.75) is 39.3 Å². The number of hydrogen-bond acceptors (Lipinski definition) is 5. The van der Waals surface area contributed by atoms with E-state index < -0.39 is 0 Å². The first-order chi connectivity index (χ1) is 17.3. The van der Waals surface area contributed by atoms with Crippen LogP contribution in [0.4, 0.5) is 4.79 Å². The maximum Gasteiger partial charge on any atom is 0.318 e. The monoisotopic (exact) mass is 494 g/mol. The van der Waals surface area contributed by atoms with Gasteiger partial charge in [-0.3, -0.25) is 9.69 Å². The Morgan fingerprint density at radius 1 is 1.17 bits per heavy atom. The standard InChI is InChI=1S/C27H38N6O3/c1-20(2)28-27(35)32(13-12-31-14-16-36-17-15-31)19-26(34)33-25(22-9-7-21(3)8-10-22)18-23(29-33)24-6-5-11-30(24)4/h5-11,20,25H,12-19H2,1-4H3,(H,28,35). The SMILES string of the molecule is Cc1ccc(C2CC(c3cccn3C)=NN2C(=O)CN(CCN2CCOCC2)C(=O)NC(C)C)cc1. The number of aromatic nitrogens is 1. The molecule has 1 saturated heterocycles. The number of carbonyl (C=O) groups is 2. The summed E-state index contributed by atoms with van der Waals surface area (Å²) < 4.78 is 7.45. The molecule has 1 atom stereocenters. The number of urea groups is 1. The summed E-state index contributed by atoms with van der Waals surface area (Å²) in [5.41, 5.74) is 4.06. The van der Waals surface area contributed by atoms with Crippen molar-refractivity contribution >= 4 is 17.6 Å². The van der Waals surface area contributed by atoms with Crippen LogP contribution in [0, 0.1) is 6.92 Å². The topological polar surface area (TPSA) is 82.4 Å². The van der Waals surface area contributed by atoms with Gasteiger partial charge in [0.1, 0.15) is 6.54 Å². The first-order valence-electron chi connectivity index (χ1n) is 12.7. The van der Waals surface area contributed by atoms with E-state index in [4.69, 9.17) is 9.84 Å². The highest BCUT2D eigenvalue weighted by atomic mass is 16.5. The normalized spacial score (nSPS) is 18.4. The number of hydrogen-bond donors (Lipinski definition) is 1. The van der Waals surface area contributed by atoms with Crippen molar-refractivity contribution in [1.82, 2.24) is 24.7 Å². The smallest absolute Gasteiger partial charge is 0.318 e. The van der Waals surface area contributed by atoms with Gasteiger partial charge in [-0.2, -0.15) is 5.10 Å². The Kier molecular flexibility index (Phi) is 8.43. The number of rotatable bonds is 8. The van der Waals surface area contributed by atoms with Crippen molar-refractivity contribution in [3.63, 3.8) is 0 Å². The van der Waals surface area contributed by atoms with Crippen LogP contribution >= 0.6 is 0 Å². The Bertz CT molecular complexity index is 1070. The minimum Gasteiger partial charge on any atom is -0.379 e. The van der Waals surface area contributed by atoms with E-state index in [1.807, 2.05) is 50.7 Å². The lowest BCUT2D eigenvalue weighted by atomic mass is 9.99. The Labute approximate surface area is 213 Å². The molecule has 1 N–H and O–H groups in total. The second-order valence-electron chi connectivity index (χ2n) is 9.90. The third-order valence-electron chi connectivity index (χ3n) is 6.68. The average molecular weight is 495 g/mol. The Balaban J connectivity index is 1.54. The molecule has 0 saturated carbocycles. The molecule has 2 aliphatic heterocycles. The summed E-state index contributed by atoms with van der Waals surface area (Å²) in [6.07, 6.45) is 2.60. The first-order valence-corrected chi connectivity index (χ1v) is 12.7. The predicted octanol–water partition coefficient (Wildman–Crippen LogP) is 2.76. The van der Waals surface area contributed by atoms with Gasteiger partial charge in [-0.05, 0) is 38.5 Å². The van der Waals surface area contributed by atoms with Gasteiger partial charge in [0.2, 0.25) is 0 Å². The molecule has 0 radical (unpaired) electrons. The lowest BCUT2D eigenvalue weighted by Gasteiger charge is -2.31. The molecule has 1 unspecified atom stereocenters. The number of amides is 3. The van der Waals surface area contributed by atoms with Crippen molar-refractivity contribution in [2.75, 3.05) is 45.9 Å². The number of nitrogens with one attached hydrogen (secondary N) is 1. The molecule has 0 bridgehead atoms. The Morgan fingerprint density at radius 3 is 2.53 bits per heavy atom. The van der Waals surface area contributed by atoms with E-state index in [1.54, 1.807) is 9.91 Å². The molecule has 3 heterocycles. The molecule has 1 aromatic carbocycles. The minimum absolute atomic E-state index is 0.0208. The van der Waals surface area contributed by atoms with Crippen LogP contribution in [-0.2, 0) is 16.6 Å². The molecule has 0 spiro atoms. The van der Waals surface area contributed by atoms with Crippen LogP contribution in [0.25, 0.3) is 0 Å². The van der Waals surface area contributed by atoms with E-state index in [0.717, 1.165) is 35.6 Å². The number of carbonyl (C=O) groups excluding carboxylic acids is 2. The van der Waals surface area contributed by atoms with E-state index in [9.17, 15) is 9.59 Å². The third kappa shape index (κ3) is 6.33. The van der Waals surface area contributed by atoms with Crippen molar-refractivity contribution in [3.05, 3.63) is 59.4 Å². The molecule has 2 aliphatic rings. The number of morpholine rings is 1. The highest BCUT2D eigenvalue weighted by molar-refractivity contribution is 6.02. The quantitative estimate of drug-likeness (QED) is 0.612. The van der Waals surface area contributed by atoms with E-state index in [1.165, 1.54) is 0 Å². The zero-order chi connectivity index (χ0) is 25.7. The van der Waals surface area contributed by atoms with Gasteiger partial charge in [0.25, 0.3) is 5.91 Å². The zero-order valence-electron chi connectivity index (χ0n) is 21.8. The van der Waals surface area contributed by atoms with E-state index >= 15 is 0 Å². The summed E-state index contributed by atoms with van der Waals surface area (Å²) in [7, 11) is 1.98. The number of ether oxygens (including phenoxy) is 1. The van der Waals surface area contributed by atoms with Gasteiger partial charge in [0.05, 0.1) is 30.7 Å². The van der Waals surface area contributed by atoms with Gasteiger partial charge in [0.15, 0.2) is 0 Å². The van der Waals surface area contributed by atoms with Gasteiger partial charge in [-0.25, -0.2) is 9.80 Å². The van der Waals surface area contributed by atoms with Gasteiger partial charge < -0.3 is 19.5 Å². The fourth-order valence-corrected chi connectivity index (χ4v) is 4.62. The maximum absolute atomic E-state index is 13.7. The van der Waals surface area contributed by atoms with Gasteiger partial charge >= 0.3 is 6.03 Å². The highest BCUT2D eigenvalue weighted by Crippen LogP contribution is 2.33. The lowest BCUT2D eigenvalue weighted by Crippen LogP contribution is -2.50. The number of nitrogens with zero attached hydrogens (tertiary/aromatic N) is 5. The van der Waals surface area contributed by atoms with Crippen LogP contribution in [0.1, 0.15) is 43.1 Å². The van der Waals surface area contributed by atoms with E-state index in [2.05, 4.69) is 34.5 Å². The van der Waals surface area contributed by atoms with Crippen LogP contribution < -0.4 is 5.32 Å². The van der Waals surface area contributed by atoms with Crippen LogP contribution in [0.5, 0.6) is 0 Å². The van der Waals surface area contributed by atoms with Gasteiger partial charge in [-0.1, -0.05) is 29.8 Å². The minimum atomic E-state index is -0.232. The van der Waals surface area contributed by atoms with Gasteiger partial charge in [0, 0.05) is 51.9 Å². The highest BCUT2D eigenvalue weighted by Gasteiger charge is 2.35.